The summed E-state index contributed by atoms with van der Waals surface area (Å²) in [6.45, 7) is 8.10. The van der Waals surface area contributed by atoms with Gasteiger partial charge < -0.3 is 10.1 Å². The fourth-order valence-corrected chi connectivity index (χ4v) is 0.706. The van der Waals surface area contributed by atoms with E-state index in [1.54, 1.807) is 0 Å². The van der Waals surface area contributed by atoms with E-state index in [-0.39, 0.29) is 6.09 Å². The molecule has 0 aliphatic heterocycles. The maximum absolute atomic E-state index is 11.1. The number of amides is 1. The summed E-state index contributed by atoms with van der Waals surface area (Å²) in [6.07, 6.45) is 4.52. The molecule has 0 rings (SSSR count). The third-order valence-electron chi connectivity index (χ3n) is 1.17. The number of hydrogen-bond donors (Lipinski definition) is 1. The normalized spacial score (nSPS) is 11.7. The Labute approximate surface area is 80.2 Å². The van der Waals surface area contributed by atoms with E-state index in [1.165, 1.54) is 0 Å². The topological polar surface area (TPSA) is 38.3 Å². The van der Waals surface area contributed by atoms with E-state index in [1.807, 2.05) is 39.8 Å². The Morgan fingerprint density at radius 2 is 2.00 bits per heavy atom. The molecule has 0 atom stereocenters. The lowest BCUT2D eigenvalue weighted by Gasteiger charge is -2.19. The zero-order valence-electron chi connectivity index (χ0n) is 8.89. The molecule has 0 aromatic rings. The number of rotatable bonds is 3. The molecule has 1 amide bonds. The first-order valence-electron chi connectivity index (χ1n) is 4.57. The number of carbonyl (C=O) groups is 1. The van der Waals surface area contributed by atoms with Crippen molar-refractivity contribution in [1.82, 2.24) is 5.32 Å². The molecule has 0 saturated heterocycles. The molecule has 0 aliphatic rings. The lowest BCUT2D eigenvalue weighted by atomic mass is 10.2. The van der Waals surface area contributed by atoms with Gasteiger partial charge in [0.25, 0.3) is 0 Å². The van der Waals surface area contributed by atoms with Gasteiger partial charge >= 0.3 is 6.09 Å². The third kappa shape index (κ3) is 8.92. The molecule has 0 fully saturated rings. The van der Waals surface area contributed by atoms with Crippen LogP contribution in [0, 0.1) is 0 Å². The molecule has 0 unspecified atom stereocenters. The predicted molar refractivity (Wildman–Crippen MR) is 53.7 cm³/mol. The molecule has 0 heterocycles. The van der Waals surface area contributed by atoms with Crippen molar-refractivity contribution in [2.45, 2.75) is 39.7 Å². The Bertz CT molecular complexity index is 180. The van der Waals surface area contributed by atoms with Gasteiger partial charge in [-0.15, -0.1) is 0 Å². The van der Waals surface area contributed by atoms with Crippen molar-refractivity contribution in [2.75, 3.05) is 6.54 Å². The summed E-state index contributed by atoms with van der Waals surface area (Å²) in [4.78, 5) is 11.1. The summed E-state index contributed by atoms with van der Waals surface area (Å²) in [5.41, 5.74) is -0.418. The molecule has 0 radical (unpaired) electrons. The minimum atomic E-state index is -0.418. The van der Waals surface area contributed by atoms with Crippen LogP contribution in [0.1, 0.15) is 34.1 Å². The van der Waals surface area contributed by atoms with Crippen molar-refractivity contribution >= 4 is 6.09 Å². The second-order valence-electron chi connectivity index (χ2n) is 3.76. The van der Waals surface area contributed by atoms with Gasteiger partial charge in [-0.05, 0) is 27.2 Å². The van der Waals surface area contributed by atoms with Gasteiger partial charge in [0, 0.05) is 6.54 Å². The van der Waals surface area contributed by atoms with Crippen LogP contribution in [0.5, 0.6) is 0 Å². The number of ether oxygens (including phenoxy) is 1. The number of carbonyl (C=O) groups excluding carboxylic acids is 1. The minimum absolute atomic E-state index is 0.367. The molecular weight excluding hydrogens is 166 g/mol. The largest absolute Gasteiger partial charge is 0.444 e. The second kappa shape index (κ2) is 5.62. The van der Waals surface area contributed by atoms with E-state index in [0.717, 1.165) is 6.42 Å². The van der Waals surface area contributed by atoms with Crippen molar-refractivity contribution in [2.24, 2.45) is 0 Å². The summed E-state index contributed by atoms with van der Waals surface area (Å²) in [5.74, 6) is 0. The fourth-order valence-electron chi connectivity index (χ4n) is 0.706. The average molecular weight is 185 g/mol. The SMILES string of the molecule is CCC=CCNC(=O)OC(C)(C)C. The lowest BCUT2D eigenvalue weighted by Crippen LogP contribution is -2.32. The molecule has 1 N–H and O–H groups in total. The van der Waals surface area contributed by atoms with Crippen LogP contribution in [-0.2, 0) is 4.74 Å². The smallest absolute Gasteiger partial charge is 0.407 e. The van der Waals surface area contributed by atoms with Crippen LogP contribution < -0.4 is 5.32 Å². The molecule has 13 heavy (non-hydrogen) atoms. The van der Waals surface area contributed by atoms with Crippen LogP contribution in [0.2, 0.25) is 0 Å². The standard InChI is InChI=1S/C10H19NO2/c1-5-6-7-8-11-9(12)13-10(2,3)4/h6-7H,5,8H2,1-4H3,(H,11,12). The van der Waals surface area contributed by atoms with Crippen LogP contribution in [0.15, 0.2) is 12.2 Å². The summed E-state index contributed by atoms with van der Waals surface area (Å²) in [5, 5.41) is 2.63. The zero-order valence-corrected chi connectivity index (χ0v) is 8.89. The van der Waals surface area contributed by atoms with Crippen molar-refractivity contribution in [3.05, 3.63) is 12.2 Å². The molecule has 0 spiro atoms. The van der Waals surface area contributed by atoms with E-state index in [2.05, 4.69) is 5.32 Å². The minimum Gasteiger partial charge on any atom is -0.444 e. The average Bonchev–Trinajstić information content (AvgIpc) is 1.94. The molecule has 0 aromatic heterocycles. The quantitative estimate of drug-likeness (QED) is 0.686. The Morgan fingerprint density at radius 1 is 1.38 bits per heavy atom. The highest BCUT2D eigenvalue weighted by atomic mass is 16.6. The van der Waals surface area contributed by atoms with E-state index < -0.39 is 5.60 Å². The maximum atomic E-state index is 11.1. The van der Waals surface area contributed by atoms with E-state index in [9.17, 15) is 4.79 Å². The van der Waals surface area contributed by atoms with E-state index in [0.29, 0.717) is 6.54 Å². The van der Waals surface area contributed by atoms with E-state index >= 15 is 0 Å². The molecule has 3 heteroatoms. The van der Waals surface area contributed by atoms with Crippen LogP contribution >= 0.6 is 0 Å². The van der Waals surface area contributed by atoms with Crippen molar-refractivity contribution in [1.29, 1.82) is 0 Å². The van der Waals surface area contributed by atoms with Gasteiger partial charge in [-0.1, -0.05) is 19.1 Å². The number of alkyl carbamates (subject to hydrolysis) is 1. The molecule has 0 saturated carbocycles. The van der Waals surface area contributed by atoms with Gasteiger partial charge in [-0.3, -0.25) is 0 Å². The van der Waals surface area contributed by atoms with Crippen molar-refractivity contribution in [3.63, 3.8) is 0 Å². The second-order valence-corrected chi connectivity index (χ2v) is 3.76. The monoisotopic (exact) mass is 185 g/mol. The molecule has 0 aromatic carbocycles. The zero-order chi connectivity index (χ0) is 10.3. The van der Waals surface area contributed by atoms with Gasteiger partial charge in [0.2, 0.25) is 0 Å². The molecule has 0 bridgehead atoms. The first-order chi connectivity index (χ1) is 5.95. The van der Waals surface area contributed by atoms with Crippen LogP contribution in [-0.4, -0.2) is 18.2 Å². The lowest BCUT2D eigenvalue weighted by molar-refractivity contribution is 0.0534. The van der Waals surface area contributed by atoms with E-state index in [4.69, 9.17) is 4.74 Å². The third-order valence-corrected chi connectivity index (χ3v) is 1.17. The summed E-state index contributed by atoms with van der Waals surface area (Å²) < 4.78 is 5.03. The number of hydrogen-bond acceptors (Lipinski definition) is 2. The maximum Gasteiger partial charge on any atom is 0.407 e. The van der Waals surface area contributed by atoms with Crippen molar-refractivity contribution in [3.8, 4) is 0 Å². The molecule has 3 nitrogen and oxygen atoms in total. The fraction of sp³-hybridized carbons (Fsp3) is 0.700. The van der Waals surface area contributed by atoms with Gasteiger partial charge in [-0.25, -0.2) is 4.79 Å². The van der Waals surface area contributed by atoms with Gasteiger partial charge in [0.15, 0.2) is 0 Å². The molecule has 76 valence electrons. The number of nitrogens with one attached hydrogen (secondary N) is 1. The summed E-state index contributed by atoms with van der Waals surface area (Å²) in [6, 6.07) is 0. The highest BCUT2D eigenvalue weighted by Gasteiger charge is 2.14. The Balaban J connectivity index is 3.58. The summed E-state index contributed by atoms with van der Waals surface area (Å²) >= 11 is 0. The Kier molecular flexibility index (Phi) is 5.19. The Morgan fingerprint density at radius 3 is 2.46 bits per heavy atom. The van der Waals surface area contributed by atoms with Gasteiger partial charge in [-0.2, -0.15) is 0 Å². The highest BCUT2D eigenvalue weighted by molar-refractivity contribution is 5.67. The first kappa shape index (κ1) is 12.0. The number of allylic oxidation sites excluding steroid dienone is 1. The van der Waals surface area contributed by atoms with Gasteiger partial charge in [0.05, 0.1) is 0 Å². The highest BCUT2D eigenvalue weighted by Crippen LogP contribution is 2.05. The van der Waals surface area contributed by atoms with Crippen LogP contribution in [0.3, 0.4) is 0 Å². The van der Waals surface area contributed by atoms with Gasteiger partial charge in [0.1, 0.15) is 5.60 Å². The summed E-state index contributed by atoms with van der Waals surface area (Å²) in [7, 11) is 0. The molecular formula is C10H19NO2. The first-order valence-corrected chi connectivity index (χ1v) is 4.57. The molecule has 0 aliphatic carbocycles. The predicted octanol–water partition coefficient (Wildman–Crippen LogP) is 2.48. The van der Waals surface area contributed by atoms with Crippen molar-refractivity contribution < 1.29 is 9.53 Å². The van der Waals surface area contributed by atoms with Crippen LogP contribution in [0.4, 0.5) is 4.79 Å². The Hall–Kier alpha value is -0.990. The van der Waals surface area contributed by atoms with Crippen LogP contribution in [0.25, 0.3) is 0 Å².